The fourth-order valence-corrected chi connectivity index (χ4v) is 0.376. The topological polar surface area (TPSA) is 46.5 Å². The van der Waals surface area contributed by atoms with E-state index in [1.807, 2.05) is 0 Å². The van der Waals surface area contributed by atoms with Gasteiger partial charge in [-0.15, -0.1) is 0 Å². The first kappa shape index (κ1) is 8.65. The van der Waals surface area contributed by atoms with Gasteiger partial charge >= 0.3 is 5.97 Å². The van der Waals surface area contributed by atoms with Crippen molar-refractivity contribution >= 4 is 21.9 Å². The molecule has 3 nitrogen and oxygen atoms in total. The van der Waals surface area contributed by atoms with Crippen molar-refractivity contribution in [2.45, 2.75) is 0 Å². The van der Waals surface area contributed by atoms with Crippen molar-refractivity contribution in [2.75, 3.05) is 13.7 Å². The molecule has 1 N–H and O–H groups in total. The van der Waals surface area contributed by atoms with Crippen LogP contribution >= 0.6 is 15.9 Å². The van der Waals surface area contributed by atoms with Crippen molar-refractivity contribution < 1.29 is 14.6 Å². The van der Waals surface area contributed by atoms with Crippen molar-refractivity contribution in [1.82, 2.24) is 0 Å². The molecule has 0 spiro atoms. The molecule has 0 aliphatic rings. The molecule has 0 aromatic carbocycles. The van der Waals surface area contributed by atoms with Gasteiger partial charge in [-0.05, 0) is 22.0 Å². The first-order valence-corrected chi connectivity index (χ1v) is 3.05. The van der Waals surface area contributed by atoms with E-state index in [9.17, 15) is 4.79 Å². The van der Waals surface area contributed by atoms with Crippen LogP contribution in [0, 0.1) is 0 Å². The highest BCUT2D eigenvalue weighted by Gasteiger charge is 1.98. The van der Waals surface area contributed by atoms with Crippen molar-refractivity contribution in [3.8, 4) is 0 Å². The molecular weight excluding hydrogens is 188 g/mol. The first-order valence-electron chi connectivity index (χ1n) is 2.26. The first-order chi connectivity index (χ1) is 4.18. The summed E-state index contributed by atoms with van der Waals surface area (Å²) in [5, 5.41) is 8.24. The van der Waals surface area contributed by atoms with Crippen LogP contribution in [0.15, 0.2) is 10.6 Å². The van der Waals surface area contributed by atoms with Gasteiger partial charge in [0.15, 0.2) is 0 Å². The minimum atomic E-state index is -0.980. The van der Waals surface area contributed by atoms with Gasteiger partial charge in [0.2, 0.25) is 0 Å². The lowest BCUT2D eigenvalue weighted by molar-refractivity contribution is -0.131. The van der Waals surface area contributed by atoms with Crippen molar-refractivity contribution in [3.63, 3.8) is 0 Å². The highest BCUT2D eigenvalue weighted by molar-refractivity contribution is 9.12. The van der Waals surface area contributed by atoms with Crippen LogP contribution in [0.25, 0.3) is 0 Å². The van der Waals surface area contributed by atoms with Crippen molar-refractivity contribution in [2.24, 2.45) is 0 Å². The molecule has 0 rings (SSSR count). The molecule has 4 heteroatoms. The normalized spacial score (nSPS) is 11.6. The number of halogens is 1. The molecule has 0 aliphatic carbocycles. The lowest BCUT2D eigenvalue weighted by atomic mass is 10.5. The van der Waals surface area contributed by atoms with Crippen LogP contribution in [0.3, 0.4) is 0 Å². The van der Waals surface area contributed by atoms with E-state index < -0.39 is 5.97 Å². The maximum Gasteiger partial charge on any atom is 0.342 e. The molecule has 0 saturated heterocycles. The van der Waals surface area contributed by atoms with Gasteiger partial charge in [0.05, 0.1) is 6.61 Å². The van der Waals surface area contributed by atoms with Gasteiger partial charge < -0.3 is 9.84 Å². The number of rotatable bonds is 3. The van der Waals surface area contributed by atoms with E-state index in [1.54, 1.807) is 0 Å². The summed E-state index contributed by atoms with van der Waals surface area (Å²) in [7, 11) is 1.50. The Bertz CT molecular complexity index is 130. The Morgan fingerprint density at radius 3 is 2.78 bits per heavy atom. The van der Waals surface area contributed by atoms with E-state index in [0.717, 1.165) is 0 Å². The number of carbonyl (C=O) groups is 1. The molecule has 9 heavy (non-hydrogen) atoms. The second-order valence-corrected chi connectivity index (χ2v) is 2.17. The fraction of sp³-hybridized carbons (Fsp3) is 0.400. The van der Waals surface area contributed by atoms with Gasteiger partial charge in [0.1, 0.15) is 4.48 Å². The van der Waals surface area contributed by atoms with E-state index in [1.165, 1.54) is 13.2 Å². The quantitative estimate of drug-likeness (QED) is 0.683. The van der Waals surface area contributed by atoms with Crippen LogP contribution in [-0.4, -0.2) is 24.8 Å². The Balaban J connectivity index is 3.69. The zero-order valence-electron chi connectivity index (χ0n) is 4.93. The predicted octanol–water partition coefficient (Wildman–Crippen LogP) is 0.996. The second-order valence-electron chi connectivity index (χ2n) is 1.31. The Kier molecular flexibility index (Phi) is 4.35. The molecular formula is C5H7BrO3. The third-order valence-electron chi connectivity index (χ3n) is 0.634. The van der Waals surface area contributed by atoms with E-state index in [2.05, 4.69) is 20.7 Å². The number of hydrogen-bond donors (Lipinski definition) is 1. The molecule has 0 amide bonds. The molecule has 0 unspecified atom stereocenters. The smallest absolute Gasteiger partial charge is 0.342 e. The average molecular weight is 195 g/mol. The Hall–Kier alpha value is -0.350. The molecule has 52 valence electrons. The monoisotopic (exact) mass is 194 g/mol. The summed E-state index contributed by atoms with van der Waals surface area (Å²) in [6.07, 6.45) is 1.43. The summed E-state index contributed by atoms with van der Waals surface area (Å²) in [5.41, 5.74) is 0. The molecule has 0 heterocycles. The van der Waals surface area contributed by atoms with Crippen LogP contribution in [0.5, 0.6) is 0 Å². The van der Waals surface area contributed by atoms with Gasteiger partial charge in [0.25, 0.3) is 0 Å². The minimum absolute atomic E-state index is 0.129. The van der Waals surface area contributed by atoms with Crippen molar-refractivity contribution in [1.29, 1.82) is 0 Å². The predicted molar refractivity (Wildman–Crippen MR) is 36.5 cm³/mol. The third-order valence-corrected chi connectivity index (χ3v) is 1.30. The summed E-state index contributed by atoms with van der Waals surface area (Å²) in [5.74, 6) is -0.980. The Morgan fingerprint density at radius 1 is 1.89 bits per heavy atom. The van der Waals surface area contributed by atoms with Gasteiger partial charge in [-0.2, -0.15) is 0 Å². The van der Waals surface area contributed by atoms with Crippen LogP contribution in [0.1, 0.15) is 0 Å². The summed E-state index contributed by atoms with van der Waals surface area (Å²) >= 11 is 2.82. The van der Waals surface area contributed by atoms with Crippen LogP contribution in [0.2, 0.25) is 0 Å². The summed E-state index contributed by atoms with van der Waals surface area (Å²) in [4.78, 5) is 10.0. The number of carboxylic acids is 1. The number of aliphatic carboxylic acids is 1. The third kappa shape index (κ3) is 4.17. The lowest BCUT2D eigenvalue weighted by Gasteiger charge is -1.89. The number of ether oxygens (including phenoxy) is 1. The minimum Gasteiger partial charge on any atom is -0.477 e. The highest BCUT2D eigenvalue weighted by atomic mass is 79.9. The molecule has 0 saturated carbocycles. The molecule has 0 bridgehead atoms. The standard InChI is InChI=1S/C5H7BrO3/c1-9-3-2-4(6)5(7)8/h2H,3H2,1H3,(H,7,8)/b4-2+. The molecule has 0 aliphatic heterocycles. The fourth-order valence-electron chi connectivity index (χ4n) is 0.244. The van der Waals surface area contributed by atoms with Gasteiger partial charge in [-0.25, -0.2) is 4.79 Å². The summed E-state index contributed by atoms with van der Waals surface area (Å²) in [6, 6.07) is 0. The SMILES string of the molecule is COC/C=C(/Br)C(=O)O. The zero-order valence-corrected chi connectivity index (χ0v) is 6.51. The average Bonchev–Trinajstić information content (AvgIpc) is 1.82. The maximum atomic E-state index is 10.0. The molecule has 0 aromatic rings. The second kappa shape index (κ2) is 4.52. The van der Waals surface area contributed by atoms with E-state index in [0.29, 0.717) is 6.61 Å². The maximum absolute atomic E-state index is 10.0. The number of methoxy groups -OCH3 is 1. The van der Waals surface area contributed by atoms with Gasteiger partial charge in [-0.1, -0.05) is 0 Å². The molecule has 0 atom stereocenters. The number of carboxylic acid groups (broad SMARTS) is 1. The van der Waals surface area contributed by atoms with Gasteiger partial charge in [0, 0.05) is 7.11 Å². The Morgan fingerprint density at radius 2 is 2.44 bits per heavy atom. The summed E-state index contributed by atoms with van der Waals surface area (Å²) in [6.45, 7) is 0.312. The van der Waals surface area contributed by atoms with Crippen LogP contribution in [-0.2, 0) is 9.53 Å². The van der Waals surface area contributed by atoms with E-state index in [4.69, 9.17) is 5.11 Å². The van der Waals surface area contributed by atoms with Crippen LogP contribution in [0.4, 0.5) is 0 Å². The van der Waals surface area contributed by atoms with Gasteiger partial charge in [-0.3, -0.25) is 0 Å². The zero-order chi connectivity index (χ0) is 7.28. The molecule has 0 fully saturated rings. The van der Waals surface area contributed by atoms with E-state index in [-0.39, 0.29) is 4.48 Å². The van der Waals surface area contributed by atoms with Crippen molar-refractivity contribution in [3.05, 3.63) is 10.6 Å². The Labute approximate surface area is 61.4 Å². The van der Waals surface area contributed by atoms with E-state index >= 15 is 0 Å². The van der Waals surface area contributed by atoms with Crippen LogP contribution < -0.4 is 0 Å². The number of hydrogen-bond acceptors (Lipinski definition) is 2. The molecule has 0 radical (unpaired) electrons. The summed E-state index contributed by atoms with van der Waals surface area (Å²) < 4.78 is 4.72. The highest BCUT2D eigenvalue weighted by Crippen LogP contribution is 2.02. The lowest BCUT2D eigenvalue weighted by Crippen LogP contribution is -1.94. The largest absolute Gasteiger partial charge is 0.477 e. The molecule has 0 aromatic heterocycles.